The van der Waals surface area contributed by atoms with Crippen LogP contribution in [0.1, 0.15) is 28.8 Å². The maximum Gasteiger partial charge on any atom is 0.255 e. The molecule has 8 heteroatoms. The highest BCUT2D eigenvalue weighted by molar-refractivity contribution is 5.95. The standard InChI is InChI=1S/C19H15F2N5O/c20-19(21)5-7-25(8-6-19)18(27)15-9-17-23-12-16(26(17)24-11-15)14-3-1-13(10-22)2-4-14/h1-4,9,11-12H,5-8H2. The number of carbonyl (C=O) groups is 1. The smallest absolute Gasteiger partial charge is 0.255 e. The first-order chi connectivity index (χ1) is 13.0. The Hall–Kier alpha value is -3.34. The van der Waals surface area contributed by atoms with E-state index in [1.807, 2.05) is 0 Å². The summed E-state index contributed by atoms with van der Waals surface area (Å²) in [4.78, 5) is 18.3. The minimum Gasteiger partial charge on any atom is -0.338 e. The average molecular weight is 367 g/mol. The number of carbonyl (C=O) groups excluding carboxylic acids is 1. The van der Waals surface area contributed by atoms with Crippen LogP contribution in [-0.4, -0.2) is 44.4 Å². The van der Waals surface area contributed by atoms with E-state index in [9.17, 15) is 13.6 Å². The van der Waals surface area contributed by atoms with E-state index in [1.54, 1.807) is 41.0 Å². The molecule has 6 nitrogen and oxygen atoms in total. The van der Waals surface area contributed by atoms with Gasteiger partial charge in [-0.2, -0.15) is 10.4 Å². The topological polar surface area (TPSA) is 74.3 Å². The Bertz CT molecular complexity index is 1040. The molecule has 1 amide bonds. The summed E-state index contributed by atoms with van der Waals surface area (Å²) in [6, 6.07) is 10.7. The van der Waals surface area contributed by atoms with Gasteiger partial charge < -0.3 is 4.90 Å². The van der Waals surface area contributed by atoms with E-state index in [2.05, 4.69) is 16.2 Å². The molecule has 0 bridgehead atoms. The van der Waals surface area contributed by atoms with Crippen LogP contribution in [0.3, 0.4) is 0 Å². The van der Waals surface area contributed by atoms with Crippen LogP contribution in [0.25, 0.3) is 16.9 Å². The lowest BCUT2D eigenvalue weighted by atomic mass is 10.1. The highest BCUT2D eigenvalue weighted by Gasteiger charge is 2.35. The number of nitrogens with zero attached hydrogens (tertiary/aromatic N) is 5. The average Bonchev–Trinajstić information content (AvgIpc) is 3.10. The van der Waals surface area contributed by atoms with Crippen LogP contribution in [0.5, 0.6) is 0 Å². The molecule has 4 rings (SSSR count). The summed E-state index contributed by atoms with van der Waals surface area (Å²) in [6.07, 6.45) is 2.43. The van der Waals surface area contributed by atoms with Crippen molar-refractivity contribution in [3.05, 3.63) is 53.9 Å². The molecule has 0 atom stereocenters. The summed E-state index contributed by atoms with van der Waals surface area (Å²) >= 11 is 0. The largest absolute Gasteiger partial charge is 0.338 e. The highest BCUT2D eigenvalue weighted by Crippen LogP contribution is 2.28. The van der Waals surface area contributed by atoms with Gasteiger partial charge in [0.15, 0.2) is 5.65 Å². The second-order valence-electron chi connectivity index (χ2n) is 6.49. The van der Waals surface area contributed by atoms with E-state index < -0.39 is 5.92 Å². The van der Waals surface area contributed by atoms with Crippen LogP contribution in [0.2, 0.25) is 0 Å². The molecule has 3 heterocycles. The molecule has 0 unspecified atom stereocenters. The molecule has 1 fully saturated rings. The molecule has 0 N–H and O–H groups in total. The second-order valence-corrected chi connectivity index (χ2v) is 6.49. The number of alkyl halides is 2. The van der Waals surface area contributed by atoms with E-state index in [0.29, 0.717) is 16.8 Å². The number of fused-ring (bicyclic) bond motifs is 1. The van der Waals surface area contributed by atoms with E-state index in [-0.39, 0.29) is 31.8 Å². The molecule has 0 spiro atoms. The van der Waals surface area contributed by atoms with Crippen LogP contribution >= 0.6 is 0 Å². The number of imidazole rings is 1. The fourth-order valence-electron chi connectivity index (χ4n) is 3.12. The lowest BCUT2D eigenvalue weighted by molar-refractivity contribution is -0.0494. The number of hydrogen-bond donors (Lipinski definition) is 0. The molecule has 27 heavy (non-hydrogen) atoms. The number of benzene rings is 1. The first-order valence-corrected chi connectivity index (χ1v) is 8.48. The second kappa shape index (κ2) is 6.43. The van der Waals surface area contributed by atoms with Gasteiger partial charge in [-0.1, -0.05) is 12.1 Å². The molecular formula is C19H15F2N5O. The number of piperidine rings is 1. The number of hydrogen-bond acceptors (Lipinski definition) is 4. The van der Waals surface area contributed by atoms with Gasteiger partial charge in [0.05, 0.1) is 35.3 Å². The first-order valence-electron chi connectivity index (χ1n) is 8.48. The van der Waals surface area contributed by atoms with Gasteiger partial charge in [-0.25, -0.2) is 18.3 Å². The van der Waals surface area contributed by atoms with Gasteiger partial charge in [-0.05, 0) is 18.2 Å². The number of amides is 1. The zero-order chi connectivity index (χ0) is 19.0. The summed E-state index contributed by atoms with van der Waals surface area (Å²) < 4.78 is 28.2. The van der Waals surface area contributed by atoms with Gasteiger partial charge in [0.1, 0.15) is 0 Å². The zero-order valence-electron chi connectivity index (χ0n) is 14.3. The molecule has 1 aliphatic rings. The molecule has 1 saturated heterocycles. The molecular weight excluding hydrogens is 352 g/mol. The number of likely N-dealkylation sites (tertiary alicyclic amines) is 1. The van der Waals surface area contributed by atoms with Crippen molar-refractivity contribution in [1.82, 2.24) is 19.5 Å². The minimum absolute atomic E-state index is 0.0297. The van der Waals surface area contributed by atoms with Gasteiger partial charge in [0.25, 0.3) is 11.8 Å². The molecule has 1 aromatic carbocycles. The Morgan fingerprint density at radius 3 is 2.52 bits per heavy atom. The molecule has 3 aromatic rings. The third-order valence-corrected chi connectivity index (χ3v) is 4.70. The van der Waals surface area contributed by atoms with Crippen molar-refractivity contribution in [2.45, 2.75) is 18.8 Å². The molecule has 2 aromatic heterocycles. The van der Waals surface area contributed by atoms with Gasteiger partial charge in [0, 0.05) is 31.5 Å². The maximum atomic E-state index is 13.3. The quantitative estimate of drug-likeness (QED) is 0.697. The summed E-state index contributed by atoms with van der Waals surface area (Å²) in [6.45, 7) is 0.0594. The Labute approximate surface area is 153 Å². The van der Waals surface area contributed by atoms with Crippen molar-refractivity contribution in [3.63, 3.8) is 0 Å². The summed E-state index contributed by atoms with van der Waals surface area (Å²) in [5.74, 6) is -3.01. The monoisotopic (exact) mass is 367 g/mol. The van der Waals surface area contributed by atoms with Gasteiger partial charge in [-0.3, -0.25) is 4.79 Å². The maximum absolute atomic E-state index is 13.3. The predicted octanol–water partition coefficient (Wildman–Crippen LogP) is 3.14. The van der Waals surface area contributed by atoms with Gasteiger partial charge >= 0.3 is 0 Å². The van der Waals surface area contributed by atoms with E-state index in [0.717, 1.165) is 11.3 Å². The molecule has 0 aliphatic carbocycles. The number of halogens is 2. The summed E-state index contributed by atoms with van der Waals surface area (Å²) in [7, 11) is 0. The van der Waals surface area contributed by atoms with Crippen molar-refractivity contribution in [2.24, 2.45) is 0 Å². The van der Waals surface area contributed by atoms with Gasteiger partial charge in [-0.15, -0.1) is 0 Å². The van der Waals surface area contributed by atoms with Crippen molar-refractivity contribution in [2.75, 3.05) is 13.1 Å². The number of aromatic nitrogens is 3. The molecule has 0 saturated carbocycles. The lowest BCUT2D eigenvalue weighted by Crippen LogP contribution is -2.42. The third-order valence-electron chi connectivity index (χ3n) is 4.70. The Morgan fingerprint density at radius 2 is 1.85 bits per heavy atom. The van der Waals surface area contributed by atoms with Crippen LogP contribution in [0.15, 0.2) is 42.7 Å². The number of rotatable bonds is 2. The highest BCUT2D eigenvalue weighted by atomic mass is 19.3. The van der Waals surface area contributed by atoms with E-state index in [4.69, 9.17) is 5.26 Å². The Morgan fingerprint density at radius 1 is 1.15 bits per heavy atom. The SMILES string of the molecule is N#Cc1ccc(-c2cnc3cc(C(=O)N4CCC(F)(F)CC4)cnn23)cc1. The van der Waals surface area contributed by atoms with Crippen molar-refractivity contribution in [1.29, 1.82) is 5.26 Å². The van der Waals surface area contributed by atoms with Crippen LogP contribution < -0.4 is 0 Å². The number of nitriles is 1. The fraction of sp³-hybridized carbons (Fsp3) is 0.263. The van der Waals surface area contributed by atoms with Crippen LogP contribution in [-0.2, 0) is 0 Å². The molecule has 136 valence electrons. The lowest BCUT2D eigenvalue weighted by Gasteiger charge is -2.31. The minimum atomic E-state index is -2.70. The van der Waals surface area contributed by atoms with E-state index in [1.165, 1.54) is 11.1 Å². The van der Waals surface area contributed by atoms with Crippen LogP contribution in [0.4, 0.5) is 8.78 Å². The van der Waals surface area contributed by atoms with Crippen molar-refractivity contribution < 1.29 is 13.6 Å². The van der Waals surface area contributed by atoms with E-state index >= 15 is 0 Å². The Balaban J connectivity index is 1.60. The zero-order valence-corrected chi connectivity index (χ0v) is 14.3. The third kappa shape index (κ3) is 3.24. The summed E-state index contributed by atoms with van der Waals surface area (Å²) in [5, 5.41) is 13.2. The summed E-state index contributed by atoms with van der Waals surface area (Å²) in [5.41, 5.74) is 2.94. The van der Waals surface area contributed by atoms with Gasteiger partial charge in [0.2, 0.25) is 0 Å². The van der Waals surface area contributed by atoms with Crippen molar-refractivity contribution in [3.8, 4) is 17.3 Å². The van der Waals surface area contributed by atoms with Crippen molar-refractivity contribution >= 4 is 11.6 Å². The molecule has 1 aliphatic heterocycles. The van der Waals surface area contributed by atoms with Crippen LogP contribution in [0, 0.1) is 11.3 Å². The molecule has 0 radical (unpaired) electrons. The predicted molar refractivity (Wildman–Crippen MR) is 93.2 cm³/mol. The normalized spacial score (nSPS) is 16.3. The fourth-order valence-corrected chi connectivity index (χ4v) is 3.12. The first kappa shape index (κ1) is 17.1. The Kier molecular flexibility index (Phi) is 4.07.